The molecule has 0 saturated carbocycles. The predicted molar refractivity (Wildman–Crippen MR) is 130 cm³/mol. The third-order valence-corrected chi connectivity index (χ3v) is 7.73. The van der Waals surface area contributed by atoms with E-state index in [0.717, 1.165) is 28.8 Å². The monoisotopic (exact) mass is 498 g/mol. The molecular weight excluding hydrogens is 471 g/mol. The third-order valence-electron chi connectivity index (χ3n) is 3.85. The summed E-state index contributed by atoms with van der Waals surface area (Å²) in [5.41, 5.74) is -0.127. The average Bonchev–Trinajstić information content (AvgIpc) is 2.73. The summed E-state index contributed by atoms with van der Waals surface area (Å²) in [5.74, 6) is 1.40. The van der Waals surface area contributed by atoms with Crippen molar-refractivity contribution in [2.75, 3.05) is 5.75 Å². The Morgan fingerprint density at radius 3 is 2.06 bits per heavy atom. The average molecular weight is 499 g/mol. The summed E-state index contributed by atoms with van der Waals surface area (Å²) in [6.07, 6.45) is 1.05. The maximum atomic E-state index is 13.6. The topological polar surface area (TPSA) is 108 Å². The highest BCUT2D eigenvalue weighted by Crippen LogP contribution is 2.46. The molecule has 1 N–H and O–H groups in total. The molecule has 0 heterocycles. The minimum atomic E-state index is -4.05. The van der Waals surface area contributed by atoms with Crippen LogP contribution >= 0.6 is 31.3 Å². The van der Waals surface area contributed by atoms with Crippen molar-refractivity contribution in [3.8, 4) is 11.5 Å². The molecule has 11 heteroatoms. The van der Waals surface area contributed by atoms with Crippen molar-refractivity contribution in [3.63, 3.8) is 0 Å². The van der Waals surface area contributed by atoms with Gasteiger partial charge in [-0.1, -0.05) is 32.5 Å². The number of benzene rings is 2. The Bertz CT molecular complexity index is 954. The fraction of sp³-hybridized carbons (Fsp3) is 0.381. The lowest BCUT2D eigenvalue weighted by Gasteiger charge is -2.23. The summed E-state index contributed by atoms with van der Waals surface area (Å²) in [4.78, 5) is 23.8. The van der Waals surface area contributed by atoms with Crippen molar-refractivity contribution >= 4 is 42.1 Å². The van der Waals surface area contributed by atoms with Gasteiger partial charge in [0.15, 0.2) is 0 Å². The van der Waals surface area contributed by atoms with Gasteiger partial charge in [-0.25, -0.2) is 4.57 Å². The Morgan fingerprint density at radius 1 is 1.06 bits per heavy atom. The molecule has 32 heavy (non-hydrogen) atoms. The highest BCUT2D eigenvalue weighted by molar-refractivity contribution is 8.14. The van der Waals surface area contributed by atoms with E-state index in [-0.39, 0.29) is 21.8 Å². The lowest BCUT2D eigenvalue weighted by atomic mass is 10.3. The standard InChI is InChI=1S/C21H27N2O6PS2/c1-5-14-31-20-12-10-19(11-13-20)29-30(27,22-16(4)21(24)32-15(2)3)28-18-8-6-17(7-9-18)23(25)26/h6-13,15-16H,5,14H2,1-4H3,(H,22,27)/t16-,30?/m0/s1. The van der Waals surface area contributed by atoms with Gasteiger partial charge in [0.25, 0.3) is 5.69 Å². The van der Waals surface area contributed by atoms with Gasteiger partial charge in [-0.2, -0.15) is 5.09 Å². The summed E-state index contributed by atoms with van der Waals surface area (Å²) < 4.78 is 24.9. The maximum Gasteiger partial charge on any atom is 0.513 e. The molecular formula is C21H27N2O6PS2. The second kappa shape index (κ2) is 12.3. The number of rotatable bonds is 12. The summed E-state index contributed by atoms with van der Waals surface area (Å²) >= 11 is 2.82. The van der Waals surface area contributed by atoms with Crippen LogP contribution in [0.1, 0.15) is 34.1 Å². The third kappa shape index (κ3) is 8.50. The van der Waals surface area contributed by atoms with E-state index in [0.29, 0.717) is 5.75 Å². The zero-order valence-corrected chi connectivity index (χ0v) is 20.9. The molecule has 0 aliphatic carbocycles. The maximum absolute atomic E-state index is 13.6. The smallest absolute Gasteiger partial charge is 0.405 e. The predicted octanol–water partition coefficient (Wildman–Crippen LogP) is 6.31. The summed E-state index contributed by atoms with van der Waals surface area (Å²) in [5, 5.41) is 13.4. The number of hydrogen-bond donors (Lipinski definition) is 1. The number of thioether (sulfide) groups is 2. The van der Waals surface area contributed by atoms with Crippen LogP contribution in [-0.4, -0.2) is 27.1 Å². The largest absolute Gasteiger partial charge is 0.513 e. The van der Waals surface area contributed by atoms with Gasteiger partial charge in [-0.05, 0) is 55.5 Å². The zero-order valence-electron chi connectivity index (χ0n) is 18.3. The Balaban J connectivity index is 2.23. The minimum absolute atomic E-state index is 0.0656. The molecule has 2 atom stereocenters. The molecule has 0 spiro atoms. The molecule has 0 saturated heterocycles. The number of carbonyl (C=O) groups excluding carboxylic acids is 1. The van der Waals surface area contributed by atoms with Crippen LogP contribution in [0.15, 0.2) is 53.4 Å². The molecule has 0 aliphatic heterocycles. The van der Waals surface area contributed by atoms with E-state index in [2.05, 4.69) is 12.0 Å². The molecule has 0 bridgehead atoms. The van der Waals surface area contributed by atoms with Crippen LogP contribution < -0.4 is 14.1 Å². The number of nitro benzene ring substituents is 1. The van der Waals surface area contributed by atoms with Crippen molar-refractivity contribution in [1.82, 2.24) is 5.09 Å². The van der Waals surface area contributed by atoms with E-state index in [1.807, 2.05) is 26.0 Å². The van der Waals surface area contributed by atoms with Crippen LogP contribution in [0.4, 0.5) is 5.69 Å². The lowest BCUT2D eigenvalue weighted by Crippen LogP contribution is -2.33. The fourth-order valence-corrected chi connectivity index (χ4v) is 5.53. The van der Waals surface area contributed by atoms with Crippen molar-refractivity contribution < 1.29 is 23.3 Å². The SMILES string of the molecule is CCCSc1ccc(OP(=O)(N[C@@H](C)C(=O)SC(C)C)Oc2ccc([N+](=O)[O-])cc2)cc1. The van der Waals surface area contributed by atoms with Gasteiger partial charge in [0, 0.05) is 22.3 Å². The number of nitrogens with one attached hydrogen (secondary N) is 1. The van der Waals surface area contributed by atoms with Crippen molar-refractivity contribution in [2.45, 2.75) is 50.3 Å². The summed E-state index contributed by atoms with van der Waals surface area (Å²) in [7, 11) is -4.05. The van der Waals surface area contributed by atoms with Crippen LogP contribution in [0.3, 0.4) is 0 Å². The quantitative estimate of drug-likeness (QED) is 0.156. The van der Waals surface area contributed by atoms with Crippen LogP contribution in [0.2, 0.25) is 0 Å². The van der Waals surface area contributed by atoms with Gasteiger partial charge in [0.05, 0.1) is 11.0 Å². The molecule has 2 aromatic rings. The van der Waals surface area contributed by atoms with Crippen molar-refractivity contribution in [3.05, 3.63) is 58.6 Å². The molecule has 2 aromatic carbocycles. The van der Waals surface area contributed by atoms with Crippen LogP contribution in [-0.2, 0) is 9.36 Å². The number of nitro groups is 1. The number of non-ortho nitro benzene ring substituents is 1. The second-order valence-electron chi connectivity index (χ2n) is 7.09. The molecule has 0 amide bonds. The number of nitrogens with zero attached hydrogens (tertiary/aromatic N) is 1. The molecule has 8 nitrogen and oxygen atoms in total. The first-order valence-electron chi connectivity index (χ1n) is 10.1. The van der Waals surface area contributed by atoms with E-state index in [4.69, 9.17) is 9.05 Å². The summed E-state index contributed by atoms with van der Waals surface area (Å²) in [6.45, 7) is 7.45. The van der Waals surface area contributed by atoms with Gasteiger partial charge >= 0.3 is 7.75 Å². The van der Waals surface area contributed by atoms with E-state index >= 15 is 0 Å². The summed E-state index contributed by atoms with van der Waals surface area (Å²) in [6, 6.07) is 11.4. The number of hydrogen-bond acceptors (Lipinski definition) is 8. The van der Waals surface area contributed by atoms with Crippen molar-refractivity contribution in [2.24, 2.45) is 0 Å². The van der Waals surface area contributed by atoms with E-state index < -0.39 is 18.7 Å². The first-order valence-corrected chi connectivity index (χ1v) is 13.5. The Kier molecular flexibility index (Phi) is 10.1. The lowest BCUT2D eigenvalue weighted by molar-refractivity contribution is -0.384. The van der Waals surface area contributed by atoms with Gasteiger partial charge in [0.2, 0.25) is 5.12 Å². The highest BCUT2D eigenvalue weighted by Gasteiger charge is 2.33. The fourth-order valence-electron chi connectivity index (χ4n) is 2.42. The zero-order chi connectivity index (χ0) is 23.7. The van der Waals surface area contributed by atoms with E-state index in [1.165, 1.54) is 24.3 Å². The first kappa shape index (κ1) is 26.3. The normalized spacial score (nSPS) is 13.9. The Hall–Kier alpha value is -2.00. The van der Waals surface area contributed by atoms with Gasteiger partial charge < -0.3 is 9.05 Å². The van der Waals surface area contributed by atoms with Gasteiger partial charge in [-0.3, -0.25) is 14.9 Å². The number of carbonyl (C=O) groups is 1. The minimum Gasteiger partial charge on any atom is -0.405 e. The molecule has 0 aromatic heterocycles. The van der Waals surface area contributed by atoms with Crippen molar-refractivity contribution in [1.29, 1.82) is 0 Å². The first-order chi connectivity index (χ1) is 15.1. The second-order valence-corrected chi connectivity index (χ2v) is 11.5. The Morgan fingerprint density at radius 2 is 1.59 bits per heavy atom. The van der Waals surface area contributed by atoms with Crippen LogP contribution in [0.5, 0.6) is 11.5 Å². The van der Waals surface area contributed by atoms with Gasteiger partial charge in [-0.15, -0.1) is 11.8 Å². The molecule has 0 radical (unpaired) electrons. The molecule has 0 fully saturated rings. The highest BCUT2D eigenvalue weighted by atomic mass is 32.2. The molecule has 0 aliphatic rings. The molecule has 2 rings (SSSR count). The van der Waals surface area contributed by atoms with Crippen LogP contribution in [0, 0.1) is 10.1 Å². The van der Waals surface area contributed by atoms with Gasteiger partial charge in [0.1, 0.15) is 11.5 Å². The van der Waals surface area contributed by atoms with E-state index in [1.54, 1.807) is 30.8 Å². The molecule has 1 unspecified atom stereocenters. The van der Waals surface area contributed by atoms with E-state index in [9.17, 15) is 19.5 Å². The molecule has 174 valence electrons. The Labute approximate surface area is 196 Å². The van der Waals surface area contributed by atoms with Crippen LogP contribution in [0.25, 0.3) is 0 Å².